The Kier molecular flexibility index (Phi) is 4.02. The highest BCUT2D eigenvalue weighted by Crippen LogP contribution is 2.34. The second kappa shape index (κ2) is 5.72. The van der Waals surface area contributed by atoms with Gasteiger partial charge < -0.3 is 5.32 Å². The van der Waals surface area contributed by atoms with E-state index in [2.05, 4.69) is 24.1 Å². The van der Waals surface area contributed by atoms with Gasteiger partial charge in [-0.15, -0.1) is 0 Å². The molecule has 1 fully saturated rings. The van der Waals surface area contributed by atoms with Crippen LogP contribution in [0.2, 0.25) is 0 Å². The van der Waals surface area contributed by atoms with Crippen LogP contribution >= 0.6 is 0 Å². The largest absolute Gasteiger partial charge is 0.303 e. The summed E-state index contributed by atoms with van der Waals surface area (Å²) in [5.74, 6) is 7.26. The molecule has 1 aromatic carbocycles. The van der Waals surface area contributed by atoms with Crippen molar-refractivity contribution in [1.29, 1.82) is 0 Å². The van der Waals surface area contributed by atoms with E-state index in [4.69, 9.17) is 0 Å². The molecule has 0 bridgehead atoms. The highest BCUT2D eigenvalue weighted by Gasteiger charge is 2.34. The molecule has 1 saturated carbocycles. The number of hydrogen-bond donors (Lipinski definition) is 1. The van der Waals surface area contributed by atoms with Crippen LogP contribution in [0.15, 0.2) is 30.3 Å². The number of rotatable bonds is 4. The smallest absolute Gasteiger partial charge is 0.0582 e. The predicted molar refractivity (Wildman–Crippen MR) is 68.1 cm³/mol. The van der Waals surface area contributed by atoms with E-state index in [9.17, 15) is 0 Å². The lowest BCUT2D eigenvalue weighted by Crippen LogP contribution is -2.18. The van der Waals surface area contributed by atoms with Crippen LogP contribution in [0.1, 0.15) is 31.7 Å². The van der Waals surface area contributed by atoms with Gasteiger partial charge in [0.2, 0.25) is 0 Å². The van der Waals surface area contributed by atoms with Crippen molar-refractivity contribution < 1.29 is 0 Å². The van der Waals surface area contributed by atoms with Gasteiger partial charge in [0.05, 0.1) is 6.54 Å². The van der Waals surface area contributed by atoms with E-state index in [1.807, 2.05) is 30.3 Å². The maximum absolute atomic E-state index is 3.49. The van der Waals surface area contributed by atoms with E-state index in [0.717, 1.165) is 24.1 Å². The summed E-state index contributed by atoms with van der Waals surface area (Å²) in [5, 5.41) is 3.49. The molecule has 0 amide bonds. The minimum Gasteiger partial charge on any atom is -0.303 e. The molecule has 1 nitrogen and oxygen atoms in total. The van der Waals surface area contributed by atoms with E-state index < -0.39 is 0 Å². The molecule has 0 saturated heterocycles. The molecular formula is C15H19N. The zero-order valence-corrected chi connectivity index (χ0v) is 9.87. The van der Waals surface area contributed by atoms with Crippen molar-refractivity contribution in [3.63, 3.8) is 0 Å². The molecule has 1 aromatic rings. The third-order valence-electron chi connectivity index (χ3n) is 3.04. The number of nitrogens with one attached hydrogen (secondary N) is 1. The lowest BCUT2D eigenvalue weighted by Gasteiger charge is -1.97. The van der Waals surface area contributed by atoms with Crippen LogP contribution in [0.5, 0.6) is 0 Å². The molecule has 0 heterocycles. The third-order valence-corrected chi connectivity index (χ3v) is 3.04. The first-order valence-electron chi connectivity index (χ1n) is 6.17. The summed E-state index contributed by atoms with van der Waals surface area (Å²) in [7, 11) is 0. The maximum atomic E-state index is 3.49. The second-order valence-corrected chi connectivity index (χ2v) is 4.44. The van der Waals surface area contributed by atoms with Crippen LogP contribution in [-0.2, 0) is 0 Å². The Labute approximate surface area is 98.3 Å². The van der Waals surface area contributed by atoms with E-state index in [0.29, 0.717) is 0 Å². The summed E-state index contributed by atoms with van der Waals surface area (Å²) in [6, 6.07) is 10.9. The van der Waals surface area contributed by atoms with Gasteiger partial charge >= 0.3 is 0 Å². The van der Waals surface area contributed by atoms with Crippen LogP contribution in [0.3, 0.4) is 0 Å². The molecule has 0 aromatic heterocycles. The minimum atomic E-state index is 0.741. The van der Waals surface area contributed by atoms with Gasteiger partial charge in [0.1, 0.15) is 0 Å². The van der Waals surface area contributed by atoms with E-state index >= 15 is 0 Å². The van der Waals surface area contributed by atoms with E-state index in [1.54, 1.807) is 0 Å². The fourth-order valence-electron chi connectivity index (χ4n) is 2.04. The van der Waals surface area contributed by atoms with Crippen LogP contribution in [-0.4, -0.2) is 12.6 Å². The minimum absolute atomic E-state index is 0.741. The summed E-state index contributed by atoms with van der Waals surface area (Å²) in [6.45, 7) is 3.07. The topological polar surface area (TPSA) is 12.0 Å². The van der Waals surface area contributed by atoms with Crippen LogP contribution in [0, 0.1) is 17.8 Å². The van der Waals surface area contributed by atoms with Gasteiger partial charge in [0, 0.05) is 11.6 Å². The molecule has 16 heavy (non-hydrogen) atoms. The monoisotopic (exact) mass is 213 g/mol. The van der Waals surface area contributed by atoms with Crippen LogP contribution in [0.25, 0.3) is 0 Å². The molecular weight excluding hydrogens is 194 g/mol. The predicted octanol–water partition coefficient (Wildman–Crippen LogP) is 2.82. The van der Waals surface area contributed by atoms with Crippen molar-refractivity contribution in [3.05, 3.63) is 35.9 Å². The standard InChI is InChI=1S/C15H19N/c1-2-7-14-12-15(14)16-11-6-10-13-8-4-3-5-9-13/h3-5,8-9,14-16H,2,7,11-12H2,1H3. The average Bonchev–Trinajstić information content (AvgIpc) is 3.05. The van der Waals surface area contributed by atoms with Gasteiger partial charge in [-0.1, -0.05) is 43.4 Å². The Hall–Kier alpha value is -1.26. The van der Waals surface area contributed by atoms with Gasteiger partial charge in [-0.3, -0.25) is 0 Å². The lowest BCUT2D eigenvalue weighted by atomic mass is 10.2. The Bertz CT molecular complexity index is 371. The molecule has 0 aliphatic heterocycles. The van der Waals surface area contributed by atoms with Crippen molar-refractivity contribution >= 4 is 0 Å². The maximum Gasteiger partial charge on any atom is 0.0582 e. The Morgan fingerprint density at radius 1 is 1.31 bits per heavy atom. The normalized spacial score (nSPS) is 22.3. The van der Waals surface area contributed by atoms with Gasteiger partial charge in [-0.05, 0) is 30.9 Å². The highest BCUT2D eigenvalue weighted by molar-refractivity contribution is 5.33. The molecule has 1 aliphatic carbocycles. The summed E-state index contributed by atoms with van der Waals surface area (Å²) in [5.41, 5.74) is 1.10. The van der Waals surface area contributed by atoms with Gasteiger partial charge in [-0.2, -0.15) is 0 Å². The van der Waals surface area contributed by atoms with Crippen molar-refractivity contribution in [1.82, 2.24) is 5.32 Å². The Morgan fingerprint density at radius 3 is 2.88 bits per heavy atom. The lowest BCUT2D eigenvalue weighted by molar-refractivity contribution is 0.628. The molecule has 0 spiro atoms. The van der Waals surface area contributed by atoms with Crippen LogP contribution < -0.4 is 5.32 Å². The molecule has 2 atom stereocenters. The first kappa shape index (κ1) is 11.2. The second-order valence-electron chi connectivity index (χ2n) is 4.44. The van der Waals surface area contributed by atoms with E-state index in [1.165, 1.54) is 19.3 Å². The molecule has 2 unspecified atom stereocenters. The third kappa shape index (κ3) is 3.40. The Balaban J connectivity index is 1.68. The molecule has 1 heteroatoms. The summed E-state index contributed by atoms with van der Waals surface area (Å²) >= 11 is 0. The van der Waals surface area contributed by atoms with Crippen molar-refractivity contribution in [2.45, 2.75) is 32.2 Å². The number of benzene rings is 1. The van der Waals surface area contributed by atoms with Crippen molar-refractivity contribution in [2.75, 3.05) is 6.54 Å². The van der Waals surface area contributed by atoms with Crippen molar-refractivity contribution in [2.24, 2.45) is 5.92 Å². The zero-order valence-electron chi connectivity index (χ0n) is 9.87. The fraction of sp³-hybridized carbons (Fsp3) is 0.467. The fourth-order valence-corrected chi connectivity index (χ4v) is 2.04. The van der Waals surface area contributed by atoms with Gasteiger partial charge in [0.25, 0.3) is 0 Å². The average molecular weight is 213 g/mol. The first-order chi connectivity index (χ1) is 7.90. The molecule has 1 N–H and O–H groups in total. The summed E-state index contributed by atoms with van der Waals surface area (Å²) in [4.78, 5) is 0. The number of hydrogen-bond acceptors (Lipinski definition) is 1. The molecule has 2 rings (SSSR count). The molecule has 0 radical (unpaired) electrons. The van der Waals surface area contributed by atoms with Gasteiger partial charge in [-0.25, -0.2) is 0 Å². The molecule has 84 valence electrons. The zero-order chi connectivity index (χ0) is 11.2. The summed E-state index contributed by atoms with van der Waals surface area (Å²) in [6.07, 6.45) is 4.02. The van der Waals surface area contributed by atoms with E-state index in [-0.39, 0.29) is 0 Å². The Morgan fingerprint density at radius 2 is 2.12 bits per heavy atom. The SMILES string of the molecule is CCCC1CC1NCC#Cc1ccccc1. The van der Waals surface area contributed by atoms with Gasteiger partial charge in [0.15, 0.2) is 0 Å². The highest BCUT2D eigenvalue weighted by atomic mass is 15.0. The molecule has 1 aliphatic rings. The van der Waals surface area contributed by atoms with Crippen molar-refractivity contribution in [3.8, 4) is 11.8 Å². The quantitative estimate of drug-likeness (QED) is 0.758. The van der Waals surface area contributed by atoms with Crippen LogP contribution in [0.4, 0.5) is 0 Å². The first-order valence-corrected chi connectivity index (χ1v) is 6.17. The summed E-state index contributed by atoms with van der Waals surface area (Å²) < 4.78 is 0.